The van der Waals surface area contributed by atoms with Crippen molar-refractivity contribution in [2.45, 2.75) is 4.90 Å². The van der Waals surface area contributed by atoms with Crippen molar-refractivity contribution in [3.05, 3.63) is 88.2 Å². The van der Waals surface area contributed by atoms with Gasteiger partial charge >= 0.3 is 0 Å². The van der Waals surface area contributed by atoms with Crippen LogP contribution in [0.3, 0.4) is 0 Å². The lowest BCUT2D eigenvalue weighted by Crippen LogP contribution is -2.20. The third-order valence-electron chi connectivity index (χ3n) is 5.80. The fourth-order valence-electron chi connectivity index (χ4n) is 4.22. The smallest absolute Gasteiger partial charge is 0.258 e. The van der Waals surface area contributed by atoms with E-state index in [1.54, 1.807) is 43.4 Å². The van der Waals surface area contributed by atoms with Crippen molar-refractivity contribution in [2.75, 3.05) is 7.05 Å². The zero-order chi connectivity index (χ0) is 21.9. The van der Waals surface area contributed by atoms with E-state index < -0.39 is 10.0 Å². The Morgan fingerprint density at radius 3 is 2.26 bits per heavy atom. The summed E-state index contributed by atoms with van der Waals surface area (Å²) < 4.78 is 28.2. The third kappa shape index (κ3) is 2.78. The molecule has 1 aromatic heterocycles. The normalized spacial score (nSPS) is 12.8. The summed E-state index contributed by atoms with van der Waals surface area (Å²) in [4.78, 5) is 26.5. The number of carbonyl (C=O) groups excluding carboxylic acids is 1. The van der Waals surface area contributed by atoms with Crippen molar-refractivity contribution in [3.63, 3.8) is 0 Å². The topological polar surface area (TPSA) is 85.2 Å². The van der Waals surface area contributed by atoms with Gasteiger partial charge in [0.1, 0.15) is 0 Å². The van der Waals surface area contributed by atoms with Crippen LogP contribution in [-0.2, 0) is 17.1 Å². The average molecular weight is 430 g/mol. The van der Waals surface area contributed by atoms with E-state index in [0.717, 1.165) is 5.56 Å². The molecule has 0 amide bonds. The highest BCUT2D eigenvalue weighted by molar-refractivity contribution is 7.89. The highest BCUT2D eigenvalue weighted by Gasteiger charge is 2.31. The van der Waals surface area contributed by atoms with Crippen LogP contribution in [0, 0.1) is 0 Å². The Morgan fingerprint density at radius 2 is 1.52 bits per heavy atom. The summed E-state index contributed by atoms with van der Waals surface area (Å²) in [6, 6.07) is 19.1. The minimum absolute atomic E-state index is 0.0962. The molecule has 0 fully saturated rings. The summed E-state index contributed by atoms with van der Waals surface area (Å²) in [5.74, 6) is -0.0962. The second-order valence-corrected chi connectivity index (χ2v) is 9.34. The average Bonchev–Trinajstić information content (AvgIpc) is 3.10. The number of pyridine rings is 1. The number of sulfonamides is 1. The number of ketones is 1. The second kappa shape index (κ2) is 6.73. The van der Waals surface area contributed by atoms with Crippen molar-refractivity contribution >= 4 is 26.6 Å². The van der Waals surface area contributed by atoms with Crippen LogP contribution in [0.2, 0.25) is 0 Å². The van der Waals surface area contributed by atoms with Gasteiger partial charge in [0.15, 0.2) is 5.78 Å². The molecule has 7 heteroatoms. The molecule has 0 spiro atoms. The van der Waals surface area contributed by atoms with Crippen LogP contribution in [0.1, 0.15) is 15.9 Å². The van der Waals surface area contributed by atoms with E-state index in [1.165, 1.54) is 17.7 Å². The van der Waals surface area contributed by atoms with Crippen LogP contribution in [0.5, 0.6) is 0 Å². The van der Waals surface area contributed by atoms with Gasteiger partial charge < -0.3 is 4.57 Å². The molecule has 0 unspecified atom stereocenters. The molecule has 0 radical (unpaired) electrons. The van der Waals surface area contributed by atoms with E-state index in [-0.39, 0.29) is 16.2 Å². The zero-order valence-electron chi connectivity index (χ0n) is 16.8. The standard InChI is InChI=1S/C24H18N2O4S/c1-25-31(29,30)16-7-5-6-14(12-16)15-10-11-17-20(13-15)24(28)26(2)22-18-8-3-4-9-19(18)23(27)21(17)22/h3-13,25H,1-2H3. The number of benzene rings is 3. The fraction of sp³-hybridized carbons (Fsp3) is 0.0833. The van der Waals surface area contributed by atoms with Crippen molar-refractivity contribution < 1.29 is 13.2 Å². The molecule has 1 N–H and O–H groups in total. The van der Waals surface area contributed by atoms with Gasteiger partial charge in [0, 0.05) is 28.9 Å². The number of fused-ring (bicyclic) bond motifs is 5. The maximum Gasteiger partial charge on any atom is 0.258 e. The van der Waals surface area contributed by atoms with E-state index >= 15 is 0 Å². The Bertz CT molecular complexity index is 1580. The number of hydrogen-bond acceptors (Lipinski definition) is 4. The molecule has 1 aliphatic carbocycles. The SMILES string of the molecule is CNS(=O)(=O)c1cccc(-c2ccc3c4c(n(C)c(=O)c3c2)-c2ccccc2C4=O)c1. The first kappa shape index (κ1) is 19.4. The molecule has 0 bridgehead atoms. The van der Waals surface area contributed by atoms with Gasteiger partial charge in [-0.25, -0.2) is 13.1 Å². The van der Waals surface area contributed by atoms with Crippen molar-refractivity contribution in [1.82, 2.24) is 9.29 Å². The van der Waals surface area contributed by atoms with E-state index in [0.29, 0.717) is 38.7 Å². The van der Waals surface area contributed by atoms with E-state index in [9.17, 15) is 18.0 Å². The number of rotatable bonds is 3. The number of aromatic nitrogens is 1. The van der Waals surface area contributed by atoms with Gasteiger partial charge in [0.2, 0.25) is 10.0 Å². The lowest BCUT2D eigenvalue weighted by Gasteiger charge is -2.12. The van der Waals surface area contributed by atoms with Gasteiger partial charge in [0.25, 0.3) is 5.56 Å². The highest BCUT2D eigenvalue weighted by Crippen LogP contribution is 2.39. The molecule has 0 atom stereocenters. The minimum Gasteiger partial charge on any atom is -0.310 e. The van der Waals surface area contributed by atoms with Crippen LogP contribution in [-0.4, -0.2) is 25.8 Å². The molecule has 1 aliphatic rings. The molecule has 6 nitrogen and oxygen atoms in total. The molecule has 0 aliphatic heterocycles. The first-order valence-corrected chi connectivity index (χ1v) is 11.2. The largest absolute Gasteiger partial charge is 0.310 e. The van der Waals surface area contributed by atoms with E-state index in [1.807, 2.05) is 24.3 Å². The molecule has 0 saturated carbocycles. The van der Waals surface area contributed by atoms with Crippen molar-refractivity contribution in [2.24, 2.45) is 7.05 Å². The molecule has 1 heterocycles. The van der Waals surface area contributed by atoms with Crippen LogP contribution < -0.4 is 10.3 Å². The molecular weight excluding hydrogens is 412 g/mol. The lowest BCUT2D eigenvalue weighted by molar-refractivity contribution is 0.104. The molecule has 5 rings (SSSR count). The van der Waals surface area contributed by atoms with Gasteiger partial charge in [-0.1, -0.05) is 48.5 Å². The number of nitrogens with one attached hydrogen (secondary N) is 1. The first-order chi connectivity index (χ1) is 14.8. The van der Waals surface area contributed by atoms with Crippen molar-refractivity contribution in [3.8, 4) is 22.4 Å². The maximum absolute atomic E-state index is 13.2. The highest BCUT2D eigenvalue weighted by atomic mass is 32.2. The number of hydrogen-bond donors (Lipinski definition) is 1. The zero-order valence-corrected chi connectivity index (χ0v) is 17.7. The molecule has 3 aromatic carbocycles. The number of nitrogens with zero attached hydrogens (tertiary/aromatic N) is 1. The Labute approximate surface area is 178 Å². The Morgan fingerprint density at radius 1 is 0.806 bits per heavy atom. The van der Waals surface area contributed by atoms with E-state index in [4.69, 9.17) is 0 Å². The summed E-state index contributed by atoms with van der Waals surface area (Å²) in [7, 11) is -0.565. The molecular formula is C24H18N2O4S. The summed E-state index contributed by atoms with van der Waals surface area (Å²) in [5.41, 5.74) is 3.66. The number of carbonyl (C=O) groups is 1. The maximum atomic E-state index is 13.2. The summed E-state index contributed by atoms with van der Waals surface area (Å²) >= 11 is 0. The predicted molar refractivity (Wildman–Crippen MR) is 120 cm³/mol. The summed E-state index contributed by atoms with van der Waals surface area (Å²) in [5, 5.41) is 1.02. The molecule has 31 heavy (non-hydrogen) atoms. The first-order valence-electron chi connectivity index (χ1n) is 9.68. The monoisotopic (exact) mass is 430 g/mol. The lowest BCUT2D eigenvalue weighted by atomic mass is 9.98. The summed E-state index contributed by atoms with van der Waals surface area (Å²) in [6.07, 6.45) is 0. The predicted octanol–water partition coefficient (Wildman–Crippen LogP) is 3.33. The molecule has 0 saturated heterocycles. The van der Waals surface area contributed by atoms with Crippen LogP contribution in [0.4, 0.5) is 0 Å². The van der Waals surface area contributed by atoms with Gasteiger partial charge in [-0.15, -0.1) is 0 Å². The Kier molecular flexibility index (Phi) is 4.22. The minimum atomic E-state index is -3.59. The van der Waals surface area contributed by atoms with Gasteiger partial charge in [-0.2, -0.15) is 0 Å². The van der Waals surface area contributed by atoms with Crippen LogP contribution >= 0.6 is 0 Å². The van der Waals surface area contributed by atoms with Gasteiger partial charge in [0.05, 0.1) is 16.2 Å². The fourth-order valence-corrected chi connectivity index (χ4v) is 5.00. The van der Waals surface area contributed by atoms with Crippen molar-refractivity contribution in [1.29, 1.82) is 0 Å². The molecule has 154 valence electrons. The summed E-state index contributed by atoms with van der Waals surface area (Å²) in [6.45, 7) is 0. The Balaban J connectivity index is 1.76. The second-order valence-electron chi connectivity index (χ2n) is 7.46. The van der Waals surface area contributed by atoms with E-state index in [2.05, 4.69) is 4.72 Å². The molecule has 4 aromatic rings. The quantitative estimate of drug-likeness (QED) is 0.476. The van der Waals surface area contributed by atoms with Crippen LogP contribution in [0.15, 0.2) is 76.4 Å². The van der Waals surface area contributed by atoms with Gasteiger partial charge in [-0.05, 0) is 36.4 Å². The Hall–Kier alpha value is -3.55. The van der Waals surface area contributed by atoms with Crippen LogP contribution in [0.25, 0.3) is 33.2 Å². The van der Waals surface area contributed by atoms with Gasteiger partial charge in [-0.3, -0.25) is 9.59 Å². The third-order valence-corrected chi connectivity index (χ3v) is 7.21.